The van der Waals surface area contributed by atoms with Gasteiger partial charge in [0.25, 0.3) is 0 Å². The third-order valence-electron chi connectivity index (χ3n) is 5.96. The number of ether oxygens (including phenoxy) is 1. The quantitative estimate of drug-likeness (QED) is 0.842. The molecule has 0 amide bonds. The van der Waals surface area contributed by atoms with Crippen LogP contribution in [0.5, 0.6) is 0 Å². The summed E-state index contributed by atoms with van der Waals surface area (Å²) in [6.07, 6.45) is 6.26. The predicted octanol–water partition coefficient (Wildman–Crippen LogP) is 3.82. The van der Waals surface area contributed by atoms with E-state index in [4.69, 9.17) is 4.74 Å². The molecule has 21 heavy (non-hydrogen) atoms. The Morgan fingerprint density at radius 1 is 1.24 bits per heavy atom. The van der Waals surface area contributed by atoms with E-state index < -0.39 is 5.97 Å². The Morgan fingerprint density at radius 2 is 2.05 bits per heavy atom. The van der Waals surface area contributed by atoms with Crippen LogP contribution in [-0.2, 0) is 9.53 Å². The van der Waals surface area contributed by atoms with Gasteiger partial charge in [-0.2, -0.15) is 11.8 Å². The summed E-state index contributed by atoms with van der Waals surface area (Å²) < 4.78 is 6.13. The van der Waals surface area contributed by atoms with Gasteiger partial charge < -0.3 is 9.84 Å². The highest BCUT2D eigenvalue weighted by molar-refractivity contribution is 7.99. The molecule has 3 aliphatic rings. The van der Waals surface area contributed by atoms with Crippen molar-refractivity contribution in [1.82, 2.24) is 0 Å². The second-order valence-electron chi connectivity index (χ2n) is 8.10. The van der Waals surface area contributed by atoms with Gasteiger partial charge in [-0.05, 0) is 61.5 Å². The average Bonchev–Trinajstić information content (AvgIpc) is 2.85. The second-order valence-corrected chi connectivity index (χ2v) is 9.21. The molecule has 0 aromatic carbocycles. The fraction of sp³-hybridized carbons (Fsp3) is 0.941. The molecule has 4 heteroatoms. The van der Waals surface area contributed by atoms with Gasteiger partial charge in [-0.1, -0.05) is 13.8 Å². The lowest BCUT2D eigenvalue weighted by Gasteiger charge is -2.47. The number of carbonyl (C=O) groups is 1. The maximum absolute atomic E-state index is 11.7. The van der Waals surface area contributed by atoms with Gasteiger partial charge in [0.1, 0.15) is 0 Å². The summed E-state index contributed by atoms with van der Waals surface area (Å²) in [5.74, 6) is 2.49. The summed E-state index contributed by atoms with van der Waals surface area (Å²) >= 11 is 1.99. The van der Waals surface area contributed by atoms with Crippen molar-refractivity contribution >= 4 is 17.7 Å². The Kier molecular flexibility index (Phi) is 4.30. The van der Waals surface area contributed by atoms with E-state index in [1.54, 1.807) is 0 Å². The van der Waals surface area contributed by atoms with E-state index in [0.29, 0.717) is 17.3 Å². The van der Waals surface area contributed by atoms with E-state index in [-0.39, 0.29) is 11.5 Å². The first-order chi connectivity index (χ1) is 9.91. The first kappa shape index (κ1) is 15.7. The van der Waals surface area contributed by atoms with E-state index >= 15 is 0 Å². The molecule has 1 N–H and O–H groups in total. The summed E-state index contributed by atoms with van der Waals surface area (Å²) in [6.45, 7) is 5.44. The molecule has 2 saturated heterocycles. The molecule has 0 aromatic rings. The van der Waals surface area contributed by atoms with E-state index in [9.17, 15) is 9.90 Å². The molecule has 1 saturated carbocycles. The van der Waals surface area contributed by atoms with Crippen LogP contribution in [0.4, 0.5) is 0 Å². The fourth-order valence-corrected chi connectivity index (χ4v) is 6.12. The highest BCUT2D eigenvalue weighted by Crippen LogP contribution is 2.50. The molecular formula is C17H28O3S. The molecule has 1 spiro atoms. The summed E-state index contributed by atoms with van der Waals surface area (Å²) in [7, 11) is 0. The van der Waals surface area contributed by atoms with Crippen molar-refractivity contribution in [2.24, 2.45) is 23.2 Å². The molecule has 2 heterocycles. The highest BCUT2D eigenvalue weighted by Gasteiger charge is 2.47. The number of hydrogen-bond acceptors (Lipinski definition) is 3. The van der Waals surface area contributed by atoms with Crippen LogP contribution >= 0.6 is 11.8 Å². The minimum Gasteiger partial charge on any atom is -0.481 e. The molecular weight excluding hydrogens is 284 g/mol. The molecule has 120 valence electrons. The molecule has 1 aliphatic carbocycles. The van der Waals surface area contributed by atoms with Crippen LogP contribution in [0.25, 0.3) is 0 Å². The molecule has 0 bridgehead atoms. The largest absolute Gasteiger partial charge is 0.481 e. The second kappa shape index (κ2) is 5.77. The average molecular weight is 312 g/mol. The number of carboxylic acid groups (broad SMARTS) is 1. The topological polar surface area (TPSA) is 46.5 Å². The van der Waals surface area contributed by atoms with Gasteiger partial charge in [0.15, 0.2) is 0 Å². The Labute approximate surface area is 132 Å². The van der Waals surface area contributed by atoms with Crippen LogP contribution in [0.15, 0.2) is 0 Å². The standard InChI is InChI=1S/C17H28O3S/c1-16(2)5-3-13(15(18)19)14(10-16)12-4-7-20-17(9-12)6-8-21-11-17/h12-14H,3-11H2,1-2H3,(H,18,19). The maximum Gasteiger partial charge on any atom is 0.306 e. The number of hydrogen-bond donors (Lipinski definition) is 1. The Bertz CT molecular complexity index is 401. The number of rotatable bonds is 2. The van der Waals surface area contributed by atoms with Crippen molar-refractivity contribution < 1.29 is 14.6 Å². The molecule has 4 atom stereocenters. The number of aliphatic carboxylic acids is 1. The van der Waals surface area contributed by atoms with Gasteiger partial charge in [0, 0.05) is 12.4 Å². The predicted molar refractivity (Wildman–Crippen MR) is 85.6 cm³/mol. The zero-order chi connectivity index (χ0) is 15.1. The zero-order valence-corrected chi connectivity index (χ0v) is 14.1. The van der Waals surface area contributed by atoms with Gasteiger partial charge in [-0.25, -0.2) is 0 Å². The fourth-order valence-electron chi connectivity index (χ4n) is 4.74. The minimum atomic E-state index is -0.572. The van der Waals surface area contributed by atoms with E-state index in [2.05, 4.69) is 13.8 Å². The van der Waals surface area contributed by atoms with Crippen molar-refractivity contribution in [1.29, 1.82) is 0 Å². The van der Waals surface area contributed by atoms with Crippen molar-refractivity contribution in [3.63, 3.8) is 0 Å². The van der Waals surface area contributed by atoms with Gasteiger partial charge >= 0.3 is 5.97 Å². The molecule has 0 aromatic heterocycles. The number of thioether (sulfide) groups is 1. The smallest absolute Gasteiger partial charge is 0.306 e. The molecule has 3 fully saturated rings. The van der Waals surface area contributed by atoms with Gasteiger partial charge in [0.2, 0.25) is 0 Å². The zero-order valence-electron chi connectivity index (χ0n) is 13.3. The molecule has 4 unspecified atom stereocenters. The normalized spacial score (nSPS) is 43.0. The summed E-state index contributed by atoms with van der Waals surface area (Å²) in [4.78, 5) is 11.7. The van der Waals surface area contributed by atoms with Crippen LogP contribution in [-0.4, -0.2) is 34.8 Å². The van der Waals surface area contributed by atoms with Crippen molar-refractivity contribution in [2.75, 3.05) is 18.1 Å². The lowest BCUT2D eigenvalue weighted by Crippen LogP contribution is -2.46. The summed E-state index contributed by atoms with van der Waals surface area (Å²) in [6, 6.07) is 0. The molecule has 2 aliphatic heterocycles. The van der Waals surface area contributed by atoms with E-state index in [0.717, 1.165) is 50.9 Å². The van der Waals surface area contributed by atoms with Gasteiger partial charge in [0.05, 0.1) is 11.5 Å². The lowest BCUT2D eigenvalue weighted by molar-refractivity contribution is -0.151. The summed E-state index contributed by atoms with van der Waals surface area (Å²) in [5.41, 5.74) is 0.366. The van der Waals surface area contributed by atoms with Gasteiger partial charge in [-0.15, -0.1) is 0 Å². The Morgan fingerprint density at radius 3 is 2.71 bits per heavy atom. The third-order valence-corrected chi connectivity index (χ3v) is 7.18. The maximum atomic E-state index is 11.7. The Hall–Kier alpha value is -0.220. The van der Waals surface area contributed by atoms with Crippen molar-refractivity contribution in [3.8, 4) is 0 Å². The van der Waals surface area contributed by atoms with Crippen LogP contribution in [0.2, 0.25) is 0 Å². The monoisotopic (exact) mass is 312 g/mol. The SMILES string of the molecule is CC1(C)CCC(C(=O)O)C(C2CCOC3(CCSC3)C2)C1. The first-order valence-corrected chi connectivity index (χ1v) is 9.51. The number of carboxylic acids is 1. The van der Waals surface area contributed by atoms with Crippen molar-refractivity contribution in [3.05, 3.63) is 0 Å². The molecule has 3 rings (SSSR count). The van der Waals surface area contributed by atoms with Crippen LogP contribution in [0, 0.1) is 23.2 Å². The van der Waals surface area contributed by atoms with Crippen molar-refractivity contribution in [2.45, 2.75) is 58.0 Å². The highest BCUT2D eigenvalue weighted by atomic mass is 32.2. The third kappa shape index (κ3) is 3.26. The van der Waals surface area contributed by atoms with Gasteiger partial charge in [-0.3, -0.25) is 4.79 Å². The molecule has 3 nitrogen and oxygen atoms in total. The molecule has 0 radical (unpaired) electrons. The Balaban J connectivity index is 1.76. The first-order valence-electron chi connectivity index (χ1n) is 8.35. The summed E-state index contributed by atoms with van der Waals surface area (Å²) in [5, 5.41) is 9.63. The van der Waals surface area contributed by atoms with Crippen LogP contribution in [0.1, 0.15) is 52.4 Å². The van der Waals surface area contributed by atoms with Crippen LogP contribution < -0.4 is 0 Å². The van der Waals surface area contributed by atoms with E-state index in [1.807, 2.05) is 11.8 Å². The van der Waals surface area contributed by atoms with Crippen LogP contribution in [0.3, 0.4) is 0 Å². The lowest BCUT2D eigenvalue weighted by atomic mass is 9.61. The van der Waals surface area contributed by atoms with E-state index in [1.165, 1.54) is 5.75 Å². The minimum absolute atomic E-state index is 0.0677.